The van der Waals surface area contributed by atoms with Crippen LogP contribution in [0.25, 0.3) is 16.5 Å². The Balaban J connectivity index is 2.72. The van der Waals surface area contributed by atoms with Crippen molar-refractivity contribution >= 4 is 17.7 Å². The van der Waals surface area contributed by atoms with Crippen LogP contribution >= 0.6 is 11.6 Å². The van der Waals surface area contributed by atoms with Gasteiger partial charge >= 0.3 is 0 Å². The number of aryl methyl sites for hydroxylation is 1. The van der Waals surface area contributed by atoms with Crippen LogP contribution in [0.2, 0.25) is 5.02 Å². The molecule has 72 valence electrons. The fraction of sp³-hybridized carbons (Fsp3) is 0.200. The first-order valence-corrected chi connectivity index (χ1v) is 4.55. The molecule has 14 heavy (non-hydrogen) atoms. The maximum absolute atomic E-state index is 8.05. The van der Waals surface area contributed by atoms with Crippen LogP contribution in [0.15, 0.2) is 29.4 Å². The van der Waals surface area contributed by atoms with E-state index in [4.69, 9.17) is 17.1 Å². The van der Waals surface area contributed by atoms with Crippen molar-refractivity contribution in [2.45, 2.75) is 6.92 Å². The number of benzene rings is 1. The van der Waals surface area contributed by atoms with E-state index in [9.17, 15) is 0 Å². The lowest BCUT2D eigenvalue weighted by molar-refractivity contribution is 1.22. The second-order valence-electron chi connectivity index (χ2n) is 2.82. The minimum absolute atomic E-state index is 0.363. The first kappa shape index (κ1) is 10.6. The number of rotatable bonds is 3. The molecule has 0 aliphatic rings. The lowest BCUT2D eigenvalue weighted by Gasteiger charge is -1.98. The van der Waals surface area contributed by atoms with Gasteiger partial charge in [-0.2, -0.15) is 0 Å². The SMILES string of the molecule is Cc1ccc(C=CCN=[N+]=[N-])cc1Cl. The topological polar surface area (TPSA) is 48.8 Å². The second-order valence-corrected chi connectivity index (χ2v) is 3.23. The molecule has 1 rings (SSSR count). The molecular formula is C10H10ClN3. The van der Waals surface area contributed by atoms with E-state index in [1.165, 1.54) is 0 Å². The molecule has 1 aromatic rings. The van der Waals surface area contributed by atoms with E-state index in [1.807, 2.05) is 31.2 Å². The lowest BCUT2D eigenvalue weighted by atomic mass is 10.1. The molecule has 0 atom stereocenters. The van der Waals surface area contributed by atoms with Gasteiger partial charge < -0.3 is 0 Å². The second kappa shape index (κ2) is 5.32. The van der Waals surface area contributed by atoms with Gasteiger partial charge in [0.2, 0.25) is 0 Å². The first-order valence-electron chi connectivity index (χ1n) is 4.17. The molecule has 0 aliphatic heterocycles. The predicted molar refractivity (Wildman–Crippen MR) is 59.2 cm³/mol. The number of azide groups is 1. The predicted octanol–water partition coefficient (Wildman–Crippen LogP) is 3.97. The van der Waals surface area contributed by atoms with E-state index < -0.39 is 0 Å². The van der Waals surface area contributed by atoms with Gasteiger partial charge in [-0.3, -0.25) is 0 Å². The summed E-state index contributed by atoms with van der Waals surface area (Å²) in [5.74, 6) is 0. The van der Waals surface area contributed by atoms with Crippen molar-refractivity contribution in [3.63, 3.8) is 0 Å². The minimum atomic E-state index is 0.363. The standard InChI is InChI=1S/C10H10ClN3/c1-8-4-5-9(7-10(8)11)3-2-6-13-14-12/h2-5,7H,6H2,1H3. The molecule has 0 saturated carbocycles. The van der Waals surface area contributed by atoms with Crippen molar-refractivity contribution in [3.05, 3.63) is 50.9 Å². The van der Waals surface area contributed by atoms with Crippen molar-refractivity contribution in [3.8, 4) is 0 Å². The molecule has 0 unspecified atom stereocenters. The Kier molecular flexibility index (Phi) is 4.05. The largest absolute Gasteiger partial charge is 0.0899 e. The van der Waals surface area contributed by atoms with E-state index >= 15 is 0 Å². The summed E-state index contributed by atoms with van der Waals surface area (Å²) in [4.78, 5) is 2.65. The molecule has 1 aromatic carbocycles. The van der Waals surface area contributed by atoms with Gasteiger partial charge in [0, 0.05) is 16.5 Å². The number of hydrogen-bond donors (Lipinski definition) is 0. The third-order valence-corrected chi connectivity index (χ3v) is 2.16. The molecular weight excluding hydrogens is 198 g/mol. The highest BCUT2D eigenvalue weighted by atomic mass is 35.5. The van der Waals surface area contributed by atoms with Crippen LogP contribution in [-0.2, 0) is 0 Å². The van der Waals surface area contributed by atoms with Crippen molar-refractivity contribution in [1.82, 2.24) is 0 Å². The maximum Gasteiger partial charge on any atom is 0.0443 e. The third-order valence-electron chi connectivity index (χ3n) is 1.76. The lowest BCUT2D eigenvalue weighted by Crippen LogP contribution is -1.77. The summed E-state index contributed by atoms with van der Waals surface area (Å²) < 4.78 is 0. The fourth-order valence-corrected chi connectivity index (χ4v) is 1.17. The Labute approximate surface area is 87.6 Å². The molecule has 0 aromatic heterocycles. The molecule has 4 heteroatoms. The summed E-state index contributed by atoms with van der Waals surface area (Å²) in [5.41, 5.74) is 10.1. The van der Waals surface area contributed by atoms with Gasteiger partial charge in [0.15, 0.2) is 0 Å². The molecule has 0 radical (unpaired) electrons. The van der Waals surface area contributed by atoms with Crippen LogP contribution in [0.4, 0.5) is 0 Å². The fourth-order valence-electron chi connectivity index (χ4n) is 0.985. The monoisotopic (exact) mass is 207 g/mol. The van der Waals surface area contributed by atoms with E-state index in [0.29, 0.717) is 6.54 Å². The molecule has 0 bridgehead atoms. The van der Waals surface area contributed by atoms with E-state index in [0.717, 1.165) is 16.1 Å². The van der Waals surface area contributed by atoms with Crippen molar-refractivity contribution in [2.24, 2.45) is 5.11 Å². The highest BCUT2D eigenvalue weighted by Gasteiger charge is 1.93. The Bertz CT molecular complexity index is 392. The Hall–Kier alpha value is -1.44. The highest BCUT2D eigenvalue weighted by Crippen LogP contribution is 2.17. The summed E-state index contributed by atoms with van der Waals surface area (Å²) in [6.07, 6.45) is 3.67. The normalized spacial score (nSPS) is 10.1. The number of halogens is 1. The zero-order valence-corrected chi connectivity index (χ0v) is 8.57. The Morgan fingerprint density at radius 1 is 1.57 bits per heavy atom. The third kappa shape index (κ3) is 3.13. The molecule has 0 fully saturated rings. The Morgan fingerprint density at radius 2 is 2.36 bits per heavy atom. The van der Waals surface area contributed by atoms with Gasteiger partial charge in [0.05, 0.1) is 0 Å². The van der Waals surface area contributed by atoms with Crippen LogP contribution in [0.1, 0.15) is 11.1 Å². The van der Waals surface area contributed by atoms with Crippen molar-refractivity contribution in [2.75, 3.05) is 6.54 Å². The number of nitrogens with zero attached hydrogens (tertiary/aromatic N) is 3. The summed E-state index contributed by atoms with van der Waals surface area (Å²) in [6.45, 7) is 2.32. The van der Waals surface area contributed by atoms with Gasteiger partial charge in [-0.25, -0.2) is 0 Å². The van der Waals surface area contributed by atoms with Crippen LogP contribution < -0.4 is 0 Å². The molecule has 0 N–H and O–H groups in total. The van der Waals surface area contributed by atoms with Gasteiger partial charge in [-0.05, 0) is 29.6 Å². The summed E-state index contributed by atoms with van der Waals surface area (Å²) in [6, 6.07) is 5.80. The minimum Gasteiger partial charge on any atom is -0.0899 e. The Morgan fingerprint density at radius 3 is 3.00 bits per heavy atom. The molecule has 0 aliphatic carbocycles. The highest BCUT2D eigenvalue weighted by molar-refractivity contribution is 6.31. The van der Waals surface area contributed by atoms with E-state index in [1.54, 1.807) is 6.08 Å². The smallest absolute Gasteiger partial charge is 0.0443 e. The maximum atomic E-state index is 8.05. The van der Waals surface area contributed by atoms with Gasteiger partial charge in [-0.1, -0.05) is 41.0 Å². The van der Waals surface area contributed by atoms with Crippen LogP contribution in [-0.4, -0.2) is 6.54 Å². The number of hydrogen-bond acceptors (Lipinski definition) is 1. The summed E-state index contributed by atoms with van der Waals surface area (Å²) in [5, 5.41) is 4.13. The van der Waals surface area contributed by atoms with Gasteiger partial charge in [0.25, 0.3) is 0 Å². The van der Waals surface area contributed by atoms with Crippen molar-refractivity contribution < 1.29 is 0 Å². The summed E-state index contributed by atoms with van der Waals surface area (Å²) >= 11 is 5.94. The molecule has 0 amide bonds. The van der Waals surface area contributed by atoms with Gasteiger partial charge in [-0.15, -0.1) is 0 Å². The van der Waals surface area contributed by atoms with Crippen molar-refractivity contribution in [1.29, 1.82) is 0 Å². The van der Waals surface area contributed by atoms with Gasteiger partial charge in [0.1, 0.15) is 0 Å². The average Bonchev–Trinajstić information content (AvgIpc) is 2.18. The molecule has 0 saturated heterocycles. The summed E-state index contributed by atoms with van der Waals surface area (Å²) in [7, 11) is 0. The van der Waals surface area contributed by atoms with Crippen LogP contribution in [0.3, 0.4) is 0 Å². The zero-order valence-electron chi connectivity index (χ0n) is 7.81. The van der Waals surface area contributed by atoms with E-state index in [-0.39, 0.29) is 0 Å². The van der Waals surface area contributed by atoms with Crippen LogP contribution in [0.5, 0.6) is 0 Å². The first-order chi connectivity index (χ1) is 6.74. The molecule has 0 spiro atoms. The van der Waals surface area contributed by atoms with Crippen LogP contribution in [0, 0.1) is 6.92 Å². The quantitative estimate of drug-likeness (QED) is 0.409. The molecule has 0 heterocycles. The zero-order chi connectivity index (χ0) is 10.4. The molecule has 3 nitrogen and oxygen atoms in total. The van der Waals surface area contributed by atoms with E-state index in [2.05, 4.69) is 10.0 Å². The average molecular weight is 208 g/mol.